The molecule has 5 heteroatoms. The van der Waals surface area contributed by atoms with Crippen LogP contribution in [-0.4, -0.2) is 23.0 Å². The number of anilines is 2. The van der Waals surface area contributed by atoms with Gasteiger partial charge in [-0.05, 0) is 6.42 Å². The fourth-order valence-corrected chi connectivity index (χ4v) is 1.39. The Hall–Kier alpha value is -1.23. The molecule has 4 N–H and O–H groups in total. The summed E-state index contributed by atoms with van der Waals surface area (Å²) >= 11 is 0. The summed E-state index contributed by atoms with van der Waals surface area (Å²) in [7, 11) is 0. The van der Waals surface area contributed by atoms with Crippen LogP contribution in [0, 0.1) is 0 Å². The van der Waals surface area contributed by atoms with Gasteiger partial charge in [-0.2, -0.15) is 5.10 Å². The molecule has 0 bridgehead atoms. The topological polar surface area (TPSA) is 79.1 Å². The Morgan fingerprint density at radius 2 is 2.42 bits per heavy atom. The summed E-state index contributed by atoms with van der Waals surface area (Å²) in [5.41, 5.74) is 11.8. The summed E-state index contributed by atoms with van der Waals surface area (Å²) in [6.45, 7) is 1.47. The van der Waals surface area contributed by atoms with Crippen molar-refractivity contribution in [3.8, 4) is 0 Å². The molecule has 1 atom stereocenters. The molecular weight excluding hydrogens is 156 g/mol. The van der Waals surface area contributed by atoms with Gasteiger partial charge in [-0.25, -0.2) is 4.68 Å². The van der Waals surface area contributed by atoms with Crippen molar-refractivity contribution in [3.63, 3.8) is 0 Å². The highest BCUT2D eigenvalue weighted by molar-refractivity contribution is 5.57. The quantitative estimate of drug-likeness (QED) is 0.619. The third kappa shape index (κ3) is 1.02. The maximum absolute atomic E-state index is 5.70. The van der Waals surface area contributed by atoms with Crippen LogP contribution in [0.2, 0.25) is 0 Å². The second-order valence-electron chi connectivity index (χ2n) is 2.95. The van der Waals surface area contributed by atoms with Crippen LogP contribution in [0.15, 0.2) is 6.20 Å². The number of nitrogen functional groups attached to an aromatic ring is 2. The smallest absolute Gasteiger partial charge is 0.145 e. The lowest BCUT2D eigenvalue weighted by Crippen LogP contribution is -2.13. The van der Waals surface area contributed by atoms with E-state index in [1.165, 1.54) is 0 Å². The predicted molar refractivity (Wildman–Crippen MR) is 45.5 cm³/mol. The van der Waals surface area contributed by atoms with E-state index >= 15 is 0 Å². The Labute approximate surface area is 70.3 Å². The second kappa shape index (κ2) is 2.67. The van der Waals surface area contributed by atoms with Crippen molar-refractivity contribution in [2.24, 2.45) is 0 Å². The Bertz CT molecular complexity index is 277. The lowest BCUT2D eigenvalue weighted by atomic mass is 10.3. The minimum atomic E-state index is 0.266. The zero-order chi connectivity index (χ0) is 8.55. The normalized spacial score (nSPS) is 23.2. The van der Waals surface area contributed by atoms with Crippen LogP contribution in [0.3, 0.4) is 0 Å². The molecule has 12 heavy (non-hydrogen) atoms. The van der Waals surface area contributed by atoms with Crippen molar-refractivity contribution in [3.05, 3.63) is 6.20 Å². The molecule has 0 aliphatic carbocycles. The lowest BCUT2D eigenvalue weighted by Gasteiger charge is -2.09. The third-order valence-corrected chi connectivity index (χ3v) is 2.12. The third-order valence-electron chi connectivity index (χ3n) is 2.12. The molecule has 1 saturated heterocycles. The Morgan fingerprint density at radius 3 is 2.92 bits per heavy atom. The van der Waals surface area contributed by atoms with Crippen LogP contribution in [-0.2, 0) is 4.74 Å². The number of hydrogen-bond donors (Lipinski definition) is 2. The molecule has 1 aliphatic rings. The Morgan fingerprint density at radius 1 is 1.58 bits per heavy atom. The van der Waals surface area contributed by atoms with Gasteiger partial charge in [0.25, 0.3) is 0 Å². The summed E-state index contributed by atoms with van der Waals surface area (Å²) in [5.74, 6) is 0.547. The molecule has 0 spiro atoms. The van der Waals surface area contributed by atoms with E-state index in [0.29, 0.717) is 18.1 Å². The van der Waals surface area contributed by atoms with Crippen molar-refractivity contribution in [1.82, 2.24) is 9.78 Å². The van der Waals surface area contributed by atoms with Gasteiger partial charge in [-0.3, -0.25) is 0 Å². The average molecular weight is 168 g/mol. The lowest BCUT2D eigenvalue weighted by molar-refractivity contribution is 0.185. The van der Waals surface area contributed by atoms with Crippen molar-refractivity contribution >= 4 is 11.5 Å². The fourth-order valence-electron chi connectivity index (χ4n) is 1.39. The van der Waals surface area contributed by atoms with Crippen molar-refractivity contribution in [1.29, 1.82) is 0 Å². The molecule has 0 radical (unpaired) electrons. The minimum absolute atomic E-state index is 0.266. The number of ether oxygens (including phenoxy) is 1. The molecule has 0 amide bonds. The van der Waals surface area contributed by atoms with E-state index in [1.807, 2.05) is 0 Å². The molecule has 0 saturated carbocycles. The van der Waals surface area contributed by atoms with Crippen LogP contribution in [0.5, 0.6) is 0 Å². The molecule has 66 valence electrons. The highest BCUT2D eigenvalue weighted by Crippen LogP contribution is 2.24. The molecule has 2 heterocycles. The van der Waals surface area contributed by atoms with Crippen molar-refractivity contribution in [2.45, 2.75) is 12.5 Å². The minimum Gasteiger partial charge on any atom is -0.394 e. The molecule has 1 unspecified atom stereocenters. The second-order valence-corrected chi connectivity index (χ2v) is 2.95. The van der Waals surface area contributed by atoms with E-state index in [4.69, 9.17) is 16.2 Å². The zero-order valence-electron chi connectivity index (χ0n) is 6.73. The van der Waals surface area contributed by atoms with Crippen LogP contribution >= 0.6 is 0 Å². The number of nitrogens with zero attached hydrogens (tertiary/aromatic N) is 2. The first-order valence-electron chi connectivity index (χ1n) is 3.95. The van der Waals surface area contributed by atoms with Gasteiger partial charge in [0.1, 0.15) is 5.82 Å². The SMILES string of the molecule is Nc1cnn(C2CCOC2)c1N. The average Bonchev–Trinajstić information content (AvgIpc) is 2.64. The van der Waals surface area contributed by atoms with Crippen LogP contribution < -0.4 is 11.5 Å². The van der Waals surface area contributed by atoms with E-state index in [1.54, 1.807) is 10.9 Å². The fraction of sp³-hybridized carbons (Fsp3) is 0.571. The van der Waals surface area contributed by atoms with E-state index in [0.717, 1.165) is 13.0 Å². The Kier molecular flexibility index (Phi) is 1.65. The number of nitrogens with two attached hydrogens (primary N) is 2. The Balaban J connectivity index is 2.26. The van der Waals surface area contributed by atoms with Gasteiger partial charge in [-0.1, -0.05) is 0 Å². The van der Waals surface area contributed by atoms with Crippen LogP contribution in [0.25, 0.3) is 0 Å². The zero-order valence-corrected chi connectivity index (χ0v) is 6.73. The van der Waals surface area contributed by atoms with Gasteiger partial charge < -0.3 is 16.2 Å². The molecule has 0 aromatic carbocycles. The van der Waals surface area contributed by atoms with Gasteiger partial charge in [-0.15, -0.1) is 0 Å². The molecule has 5 nitrogen and oxygen atoms in total. The molecule has 1 aliphatic heterocycles. The summed E-state index contributed by atoms with van der Waals surface area (Å²) in [6.07, 6.45) is 2.54. The van der Waals surface area contributed by atoms with Gasteiger partial charge >= 0.3 is 0 Å². The van der Waals surface area contributed by atoms with Gasteiger partial charge in [0.15, 0.2) is 0 Å². The molecule has 1 aromatic rings. The monoisotopic (exact) mass is 168 g/mol. The van der Waals surface area contributed by atoms with E-state index in [-0.39, 0.29) is 6.04 Å². The van der Waals surface area contributed by atoms with Gasteiger partial charge in [0, 0.05) is 6.61 Å². The number of rotatable bonds is 1. The maximum atomic E-state index is 5.70. The van der Waals surface area contributed by atoms with Crippen LogP contribution in [0.4, 0.5) is 11.5 Å². The maximum Gasteiger partial charge on any atom is 0.145 e. The number of aromatic nitrogens is 2. The van der Waals surface area contributed by atoms with Gasteiger partial charge in [0.2, 0.25) is 0 Å². The molecule has 2 rings (SSSR count). The highest BCUT2D eigenvalue weighted by Gasteiger charge is 2.20. The summed E-state index contributed by atoms with van der Waals surface area (Å²) in [5, 5.41) is 4.08. The first-order valence-corrected chi connectivity index (χ1v) is 3.95. The summed E-state index contributed by atoms with van der Waals surface area (Å²) in [6, 6.07) is 0.266. The highest BCUT2D eigenvalue weighted by atomic mass is 16.5. The van der Waals surface area contributed by atoms with E-state index in [2.05, 4.69) is 5.10 Å². The summed E-state index contributed by atoms with van der Waals surface area (Å²) < 4.78 is 6.96. The first kappa shape index (κ1) is 7.42. The summed E-state index contributed by atoms with van der Waals surface area (Å²) in [4.78, 5) is 0. The molecule has 1 aromatic heterocycles. The number of hydrogen-bond acceptors (Lipinski definition) is 4. The van der Waals surface area contributed by atoms with E-state index in [9.17, 15) is 0 Å². The van der Waals surface area contributed by atoms with E-state index < -0.39 is 0 Å². The predicted octanol–water partition coefficient (Wildman–Crippen LogP) is 0.00890. The molecular formula is C7H12N4O. The largest absolute Gasteiger partial charge is 0.394 e. The first-order chi connectivity index (χ1) is 5.79. The van der Waals surface area contributed by atoms with Crippen LogP contribution in [0.1, 0.15) is 12.5 Å². The van der Waals surface area contributed by atoms with Crippen molar-refractivity contribution < 1.29 is 4.74 Å². The van der Waals surface area contributed by atoms with Crippen molar-refractivity contribution in [2.75, 3.05) is 24.7 Å². The molecule has 1 fully saturated rings. The standard InChI is InChI=1S/C7H12N4O/c8-6-3-10-11(7(6)9)5-1-2-12-4-5/h3,5H,1-2,4,8-9H2. The van der Waals surface area contributed by atoms with Gasteiger partial charge in [0.05, 0.1) is 24.5 Å².